The number of ketones is 1. The van der Waals surface area contributed by atoms with Crippen LogP contribution in [0, 0.1) is 0 Å². The van der Waals surface area contributed by atoms with Gasteiger partial charge in [0.05, 0.1) is 22.5 Å². The molecule has 1 aliphatic heterocycles. The summed E-state index contributed by atoms with van der Waals surface area (Å²) in [5.74, 6) is 0.275. The van der Waals surface area contributed by atoms with Gasteiger partial charge in [0.15, 0.2) is 0 Å². The number of hydrogen-bond donors (Lipinski definition) is 0. The molecule has 0 radical (unpaired) electrons. The van der Waals surface area contributed by atoms with Crippen molar-refractivity contribution in [3.05, 3.63) is 33.8 Å². The van der Waals surface area contributed by atoms with E-state index in [1.54, 1.807) is 17.0 Å². The zero-order valence-electron chi connectivity index (χ0n) is 14.5. The molecule has 0 N–H and O–H groups in total. The molecule has 2 aliphatic rings. The van der Waals surface area contributed by atoms with Crippen LogP contribution < -0.4 is 0 Å². The van der Waals surface area contributed by atoms with E-state index in [2.05, 4.69) is 4.90 Å². The predicted octanol–water partition coefficient (Wildman–Crippen LogP) is 3.58. The summed E-state index contributed by atoms with van der Waals surface area (Å²) in [7, 11) is 1.83. The zero-order valence-corrected chi connectivity index (χ0v) is 16.0. The molecule has 2 unspecified atom stereocenters. The number of benzene rings is 1. The van der Waals surface area contributed by atoms with Crippen molar-refractivity contribution in [3.8, 4) is 0 Å². The highest BCUT2D eigenvalue weighted by Crippen LogP contribution is 2.28. The summed E-state index contributed by atoms with van der Waals surface area (Å²) < 4.78 is 0. The lowest BCUT2D eigenvalue weighted by Crippen LogP contribution is -2.55. The van der Waals surface area contributed by atoms with Crippen LogP contribution in [-0.4, -0.2) is 53.7 Å². The maximum Gasteiger partial charge on any atom is 0.227 e. The first-order chi connectivity index (χ1) is 12.0. The minimum atomic E-state index is -0.0328. The van der Waals surface area contributed by atoms with E-state index in [0.717, 1.165) is 25.1 Å². The van der Waals surface area contributed by atoms with Gasteiger partial charge in [-0.3, -0.25) is 14.5 Å². The Morgan fingerprint density at radius 2 is 1.96 bits per heavy atom. The topological polar surface area (TPSA) is 40.6 Å². The second-order valence-corrected chi connectivity index (χ2v) is 7.90. The Morgan fingerprint density at radius 3 is 2.64 bits per heavy atom. The van der Waals surface area contributed by atoms with E-state index in [1.165, 1.54) is 12.8 Å². The number of rotatable bonds is 4. The van der Waals surface area contributed by atoms with Crippen molar-refractivity contribution >= 4 is 34.9 Å². The van der Waals surface area contributed by atoms with Gasteiger partial charge in [-0.25, -0.2) is 0 Å². The molecule has 0 aromatic heterocycles. The lowest BCUT2D eigenvalue weighted by atomic mass is 9.87. The number of amides is 1. The molecule has 1 aromatic rings. The quantitative estimate of drug-likeness (QED) is 0.798. The van der Waals surface area contributed by atoms with Crippen molar-refractivity contribution in [1.29, 1.82) is 0 Å². The fourth-order valence-corrected chi connectivity index (χ4v) is 4.32. The Kier molecular flexibility index (Phi) is 6.03. The van der Waals surface area contributed by atoms with E-state index >= 15 is 0 Å². The second kappa shape index (κ2) is 8.07. The fourth-order valence-electron chi connectivity index (χ4n) is 4.00. The summed E-state index contributed by atoms with van der Waals surface area (Å²) in [6, 6.07) is 5.53. The van der Waals surface area contributed by atoms with Gasteiger partial charge in [0.2, 0.25) is 5.91 Å². The molecule has 1 aliphatic carbocycles. The molecular formula is C19H24Cl2N2O2. The Morgan fingerprint density at radius 1 is 1.24 bits per heavy atom. The van der Waals surface area contributed by atoms with E-state index in [0.29, 0.717) is 28.9 Å². The van der Waals surface area contributed by atoms with Gasteiger partial charge in [-0.1, -0.05) is 29.3 Å². The van der Waals surface area contributed by atoms with Crippen molar-refractivity contribution in [2.45, 2.75) is 50.6 Å². The molecule has 25 heavy (non-hydrogen) atoms. The van der Waals surface area contributed by atoms with Gasteiger partial charge in [-0.2, -0.15) is 0 Å². The molecule has 1 aromatic carbocycles. The summed E-state index contributed by atoms with van der Waals surface area (Å²) in [5, 5.41) is 0.940. The highest BCUT2D eigenvalue weighted by molar-refractivity contribution is 6.42. The van der Waals surface area contributed by atoms with Gasteiger partial charge >= 0.3 is 0 Å². The van der Waals surface area contributed by atoms with E-state index < -0.39 is 0 Å². The van der Waals surface area contributed by atoms with E-state index in [4.69, 9.17) is 23.2 Å². The Bertz CT molecular complexity index is 659. The lowest BCUT2D eigenvalue weighted by Gasteiger charge is -2.42. The molecule has 2 fully saturated rings. The van der Waals surface area contributed by atoms with Crippen LogP contribution in [0.15, 0.2) is 18.2 Å². The molecule has 1 heterocycles. The molecule has 0 bridgehead atoms. The first-order valence-corrected chi connectivity index (χ1v) is 9.66. The molecule has 136 valence electrons. The zero-order chi connectivity index (χ0) is 18.0. The number of halogens is 2. The number of Topliss-reactive ketones (excluding diaryl/α,β-unsaturated/α-hetero) is 1. The number of carbonyl (C=O) groups excluding carboxylic acids is 2. The normalized spacial score (nSPS) is 24.5. The molecule has 1 amide bonds. The van der Waals surface area contributed by atoms with Crippen LogP contribution in [0.2, 0.25) is 10.0 Å². The maximum atomic E-state index is 12.8. The van der Waals surface area contributed by atoms with Crippen molar-refractivity contribution in [3.63, 3.8) is 0 Å². The van der Waals surface area contributed by atoms with Crippen LogP contribution in [0.25, 0.3) is 0 Å². The van der Waals surface area contributed by atoms with Crippen molar-refractivity contribution in [2.75, 3.05) is 20.1 Å². The molecule has 6 heteroatoms. The average molecular weight is 383 g/mol. The third-order valence-electron chi connectivity index (χ3n) is 5.44. The van der Waals surface area contributed by atoms with Crippen LogP contribution in [-0.2, 0) is 16.0 Å². The number of likely N-dealkylation sites (tertiary alicyclic amines) is 1. The van der Waals surface area contributed by atoms with Crippen LogP contribution in [0.5, 0.6) is 0 Å². The summed E-state index contributed by atoms with van der Waals surface area (Å²) in [4.78, 5) is 29.0. The largest absolute Gasteiger partial charge is 0.340 e. The third kappa shape index (κ3) is 4.36. The van der Waals surface area contributed by atoms with Crippen molar-refractivity contribution in [2.24, 2.45) is 0 Å². The standard InChI is InChI=1S/C19H24Cl2N2O2/c1-22(19(25)11-13-4-6-15(20)16(21)10-13)18-12-14(24)5-7-17(18)23-8-2-3-9-23/h4,6,10,17-18H,2-3,5,7-9,11-12H2,1H3. The minimum absolute atomic E-state index is 0.0160. The fraction of sp³-hybridized carbons (Fsp3) is 0.579. The number of nitrogens with zero attached hydrogens (tertiary/aromatic N) is 2. The summed E-state index contributed by atoms with van der Waals surface area (Å²) in [6.07, 6.45) is 4.63. The van der Waals surface area contributed by atoms with Crippen molar-refractivity contribution < 1.29 is 9.59 Å². The SMILES string of the molecule is CN(C(=O)Cc1ccc(Cl)c(Cl)c1)C1CC(=O)CCC1N1CCCC1. The molecule has 4 nitrogen and oxygen atoms in total. The van der Waals surface area contributed by atoms with Crippen LogP contribution in [0.1, 0.15) is 37.7 Å². The Balaban J connectivity index is 1.71. The average Bonchev–Trinajstić information content (AvgIpc) is 3.11. The third-order valence-corrected chi connectivity index (χ3v) is 6.18. The minimum Gasteiger partial charge on any atom is -0.340 e. The van der Waals surface area contributed by atoms with Crippen molar-refractivity contribution in [1.82, 2.24) is 9.80 Å². The second-order valence-electron chi connectivity index (χ2n) is 7.09. The molecule has 3 rings (SSSR count). The molecular weight excluding hydrogens is 359 g/mol. The van der Waals surface area contributed by atoms with Crippen LogP contribution in [0.3, 0.4) is 0 Å². The monoisotopic (exact) mass is 382 g/mol. The Hall–Kier alpha value is -1.10. The highest BCUT2D eigenvalue weighted by atomic mass is 35.5. The van der Waals surface area contributed by atoms with Crippen LogP contribution in [0.4, 0.5) is 0 Å². The molecule has 1 saturated heterocycles. The molecule has 2 atom stereocenters. The lowest BCUT2D eigenvalue weighted by molar-refractivity contribution is -0.135. The van der Waals surface area contributed by atoms with Gasteiger partial charge in [0.1, 0.15) is 5.78 Å². The van der Waals surface area contributed by atoms with Gasteiger partial charge in [0, 0.05) is 25.9 Å². The first kappa shape index (κ1) is 18.7. The summed E-state index contributed by atoms with van der Waals surface area (Å²) in [5.41, 5.74) is 0.839. The number of likely N-dealkylation sites (N-methyl/N-ethyl adjacent to an activating group) is 1. The van der Waals surface area contributed by atoms with E-state index in [1.807, 2.05) is 13.1 Å². The maximum absolute atomic E-state index is 12.8. The van der Waals surface area contributed by atoms with Crippen LogP contribution >= 0.6 is 23.2 Å². The predicted molar refractivity (Wildman–Crippen MR) is 100 cm³/mol. The van der Waals surface area contributed by atoms with E-state index in [-0.39, 0.29) is 24.2 Å². The highest BCUT2D eigenvalue weighted by Gasteiger charge is 2.38. The smallest absolute Gasteiger partial charge is 0.227 e. The van der Waals surface area contributed by atoms with Gasteiger partial charge in [0.25, 0.3) is 0 Å². The number of hydrogen-bond acceptors (Lipinski definition) is 3. The number of carbonyl (C=O) groups is 2. The molecule has 0 spiro atoms. The summed E-state index contributed by atoms with van der Waals surface area (Å²) in [6.45, 7) is 2.15. The summed E-state index contributed by atoms with van der Waals surface area (Å²) >= 11 is 12.0. The first-order valence-electron chi connectivity index (χ1n) is 8.91. The van der Waals surface area contributed by atoms with E-state index in [9.17, 15) is 9.59 Å². The Labute approximate surface area is 159 Å². The molecule has 1 saturated carbocycles. The van der Waals surface area contributed by atoms with Gasteiger partial charge in [-0.05, 0) is 50.0 Å². The van der Waals surface area contributed by atoms with Gasteiger partial charge in [-0.15, -0.1) is 0 Å². The van der Waals surface area contributed by atoms with Gasteiger partial charge < -0.3 is 4.90 Å².